The molecular weight excluding hydrogens is 435 g/mol. The van der Waals surface area contributed by atoms with Crippen molar-refractivity contribution in [1.82, 2.24) is 0 Å². The van der Waals surface area contributed by atoms with E-state index in [-0.39, 0.29) is 11.9 Å². The number of nitrogens with one attached hydrogen (secondary N) is 1. The molecule has 5 nitrogen and oxygen atoms in total. The number of rotatable bonds is 5. The summed E-state index contributed by atoms with van der Waals surface area (Å²) in [5, 5.41) is 4.73. The number of halogens is 2. The molecule has 0 spiro atoms. The zero-order valence-corrected chi connectivity index (χ0v) is 18.7. The summed E-state index contributed by atoms with van der Waals surface area (Å²) in [4.78, 5) is 15.2. The van der Waals surface area contributed by atoms with Crippen LogP contribution in [0.2, 0.25) is 10.0 Å². The topological polar surface area (TPSA) is 50.8 Å². The van der Waals surface area contributed by atoms with Crippen LogP contribution in [0.3, 0.4) is 0 Å². The molecule has 1 amide bonds. The van der Waals surface area contributed by atoms with Gasteiger partial charge in [0.1, 0.15) is 0 Å². The van der Waals surface area contributed by atoms with Crippen molar-refractivity contribution in [3.05, 3.63) is 81.8 Å². The first-order valence-corrected chi connectivity index (χ1v) is 10.6. The Balaban J connectivity index is 1.67. The highest BCUT2D eigenvalue weighted by Crippen LogP contribution is 2.39. The van der Waals surface area contributed by atoms with Gasteiger partial charge in [0.2, 0.25) is 0 Å². The van der Waals surface area contributed by atoms with E-state index in [2.05, 4.69) is 5.32 Å². The summed E-state index contributed by atoms with van der Waals surface area (Å²) < 4.78 is 10.6. The van der Waals surface area contributed by atoms with Gasteiger partial charge in [0.25, 0.3) is 5.91 Å². The van der Waals surface area contributed by atoms with E-state index in [0.717, 1.165) is 23.4 Å². The molecule has 160 valence electrons. The van der Waals surface area contributed by atoms with E-state index in [9.17, 15) is 4.79 Å². The first-order chi connectivity index (χ1) is 15.0. The smallest absolute Gasteiger partial charge is 0.258 e. The third kappa shape index (κ3) is 4.29. The number of carbonyl (C=O) groups is 1. The Morgan fingerprint density at radius 3 is 2.52 bits per heavy atom. The van der Waals surface area contributed by atoms with Crippen LogP contribution in [-0.4, -0.2) is 26.7 Å². The number of nitrogens with zero attached hydrogens (tertiary/aromatic N) is 1. The van der Waals surface area contributed by atoms with E-state index in [1.54, 1.807) is 37.3 Å². The molecule has 0 radical (unpaired) electrons. The van der Waals surface area contributed by atoms with Gasteiger partial charge in [-0.3, -0.25) is 4.79 Å². The number of anilines is 2. The zero-order chi connectivity index (χ0) is 22.0. The molecule has 31 heavy (non-hydrogen) atoms. The summed E-state index contributed by atoms with van der Waals surface area (Å²) >= 11 is 12.6. The fourth-order valence-corrected chi connectivity index (χ4v) is 4.19. The predicted molar refractivity (Wildman–Crippen MR) is 125 cm³/mol. The zero-order valence-electron chi connectivity index (χ0n) is 17.2. The summed E-state index contributed by atoms with van der Waals surface area (Å²) in [6.07, 6.45) is 0.721. The second kappa shape index (κ2) is 9.08. The van der Waals surface area contributed by atoms with Crippen LogP contribution in [0.15, 0.2) is 60.7 Å². The molecule has 1 aliphatic rings. The minimum Gasteiger partial charge on any atom is -0.493 e. The fourth-order valence-electron chi connectivity index (χ4n) is 3.83. The SMILES string of the molecule is COc1ccc(C(=O)N2CCC(Nc3ccccc3Cl)c3ccc(Cl)cc32)cc1OC. The van der Waals surface area contributed by atoms with E-state index in [0.29, 0.717) is 33.7 Å². The molecule has 0 fully saturated rings. The number of amides is 1. The summed E-state index contributed by atoms with van der Waals surface area (Å²) in [5.74, 6) is 0.959. The Morgan fingerprint density at radius 1 is 1.00 bits per heavy atom. The Morgan fingerprint density at radius 2 is 1.77 bits per heavy atom. The summed E-state index contributed by atoms with van der Waals surface area (Å²) in [5.41, 5.74) is 3.14. The molecule has 1 unspecified atom stereocenters. The molecule has 1 N–H and O–H groups in total. The molecule has 3 aromatic rings. The number of hydrogen-bond donors (Lipinski definition) is 1. The Bertz CT molecular complexity index is 1120. The maximum Gasteiger partial charge on any atom is 0.258 e. The minimum absolute atomic E-state index is 0.00150. The van der Waals surface area contributed by atoms with Crippen LogP contribution in [0.25, 0.3) is 0 Å². The van der Waals surface area contributed by atoms with Gasteiger partial charge in [0, 0.05) is 17.1 Å². The molecule has 0 saturated carbocycles. The second-order valence-electron chi connectivity index (χ2n) is 7.20. The highest BCUT2D eigenvalue weighted by Gasteiger charge is 2.30. The van der Waals surface area contributed by atoms with Crippen LogP contribution in [0, 0.1) is 0 Å². The monoisotopic (exact) mass is 456 g/mol. The van der Waals surface area contributed by atoms with Crippen LogP contribution in [0.4, 0.5) is 11.4 Å². The second-order valence-corrected chi connectivity index (χ2v) is 8.04. The van der Waals surface area contributed by atoms with Crippen molar-refractivity contribution in [1.29, 1.82) is 0 Å². The van der Waals surface area contributed by atoms with Crippen LogP contribution in [0.5, 0.6) is 11.5 Å². The van der Waals surface area contributed by atoms with Gasteiger partial charge in [-0.2, -0.15) is 0 Å². The van der Waals surface area contributed by atoms with Crippen molar-refractivity contribution >= 4 is 40.5 Å². The molecule has 7 heteroatoms. The number of fused-ring (bicyclic) bond motifs is 1. The number of hydrogen-bond acceptors (Lipinski definition) is 4. The average molecular weight is 457 g/mol. The summed E-state index contributed by atoms with van der Waals surface area (Å²) in [6, 6.07) is 18.4. The number of carbonyl (C=O) groups excluding carboxylic acids is 1. The quantitative estimate of drug-likeness (QED) is 0.495. The highest BCUT2D eigenvalue weighted by atomic mass is 35.5. The number of para-hydroxylation sites is 1. The van der Waals surface area contributed by atoms with Gasteiger partial charge in [-0.1, -0.05) is 41.4 Å². The van der Waals surface area contributed by atoms with Gasteiger partial charge >= 0.3 is 0 Å². The van der Waals surface area contributed by atoms with Crippen molar-refractivity contribution in [2.24, 2.45) is 0 Å². The van der Waals surface area contributed by atoms with Crippen LogP contribution in [0.1, 0.15) is 28.4 Å². The Kier molecular flexibility index (Phi) is 6.25. The first kappa shape index (κ1) is 21.3. The molecule has 0 bridgehead atoms. The van der Waals surface area contributed by atoms with Crippen molar-refractivity contribution in [2.75, 3.05) is 31.0 Å². The lowest BCUT2D eigenvalue weighted by Crippen LogP contribution is -2.38. The van der Waals surface area contributed by atoms with Gasteiger partial charge in [-0.05, 0) is 54.4 Å². The van der Waals surface area contributed by atoms with E-state index >= 15 is 0 Å². The molecule has 1 aliphatic heterocycles. The van der Waals surface area contributed by atoms with Crippen LogP contribution >= 0.6 is 23.2 Å². The van der Waals surface area contributed by atoms with Crippen molar-refractivity contribution in [3.8, 4) is 11.5 Å². The van der Waals surface area contributed by atoms with Crippen LogP contribution in [-0.2, 0) is 0 Å². The molecule has 4 rings (SSSR count). The van der Waals surface area contributed by atoms with Crippen molar-refractivity contribution < 1.29 is 14.3 Å². The van der Waals surface area contributed by atoms with E-state index < -0.39 is 0 Å². The van der Waals surface area contributed by atoms with Gasteiger partial charge in [-0.15, -0.1) is 0 Å². The standard InChI is InChI=1S/C24H22Cl2N2O3/c1-30-22-10-7-15(13-23(22)31-2)24(29)28-12-11-19(17-9-8-16(25)14-21(17)28)27-20-6-4-3-5-18(20)26/h3-10,13-14,19,27H,11-12H2,1-2H3. The Labute approximate surface area is 191 Å². The highest BCUT2D eigenvalue weighted by molar-refractivity contribution is 6.33. The lowest BCUT2D eigenvalue weighted by atomic mass is 9.95. The summed E-state index contributed by atoms with van der Waals surface area (Å²) in [6.45, 7) is 0.530. The fraction of sp³-hybridized carbons (Fsp3) is 0.208. The molecule has 3 aromatic carbocycles. The van der Waals surface area contributed by atoms with Crippen molar-refractivity contribution in [3.63, 3.8) is 0 Å². The third-order valence-corrected chi connectivity index (χ3v) is 5.94. The predicted octanol–water partition coefficient (Wildman–Crippen LogP) is 6.21. The molecule has 1 atom stereocenters. The maximum absolute atomic E-state index is 13.4. The van der Waals surface area contributed by atoms with E-state index in [1.807, 2.05) is 42.5 Å². The van der Waals surface area contributed by atoms with Gasteiger partial charge in [-0.25, -0.2) is 0 Å². The molecular formula is C24H22Cl2N2O3. The summed E-state index contributed by atoms with van der Waals surface area (Å²) in [7, 11) is 3.11. The van der Waals surface area contributed by atoms with Crippen molar-refractivity contribution in [2.45, 2.75) is 12.5 Å². The Hall–Kier alpha value is -2.89. The normalized spacial score (nSPS) is 15.2. The lowest BCUT2D eigenvalue weighted by Gasteiger charge is -2.35. The van der Waals surface area contributed by atoms with Crippen LogP contribution < -0.4 is 19.7 Å². The lowest BCUT2D eigenvalue weighted by molar-refractivity contribution is 0.0984. The van der Waals surface area contributed by atoms with E-state index in [4.69, 9.17) is 32.7 Å². The number of ether oxygens (including phenoxy) is 2. The van der Waals surface area contributed by atoms with Gasteiger partial charge in [0.05, 0.1) is 36.7 Å². The third-order valence-electron chi connectivity index (χ3n) is 5.38. The molecule has 1 heterocycles. The minimum atomic E-state index is -0.124. The molecule has 0 aliphatic carbocycles. The largest absolute Gasteiger partial charge is 0.493 e. The maximum atomic E-state index is 13.4. The van der Waals surface area contributed by atoms with E-state index in [1.165, 1.54) is 0 Å². The number of benzene rings is 3. The van der Waals surface area contributed by atoms with Gasteiger partial charge < -0.3 is 19.7 Å². The first-order valence-electron chi connectivity index (χ1n) is 9.86. The number of methoxy groups -OCH3 is 2. The average Bonchev–Trinajstić information content (AvgIpc) is 2.79. The molecule has 0 aromatic heterocycles. The van der Waals surface area contributed by atoms with Gasteiger partial charge in [0.15, 0.2) is 11.5 Å². The molecule has 0 saturated heterocycles.